The molecule has 166 valence electrons. The molecule has 0 amide bonds. The van der Waals surface area contributed by atoms with Crippen molar-refractivity contribution in [2.75, 3.05) is 20.3 Å². The summed E-state index contributed by atoms with van der Waals surface area (Å²) < 4.78 is 15.0. The number of aliphatic hydroxyl groups is 2. The molecular formula is C22H30O8. The number of esters is 3. The van der Waals surface area contributed by atoms with Crippen molar-refractivity contribution in [2.24, 2.45) is 17.3 Å². The highest BCUT2D eigenvalue weighted by Crippen LogP contribution is 2.50. The van der Waals surface area contributed by atoms with Crippen LogP contribution in [0.2, 0.25) is 0 Å². The van der Waals surface area contributed by atoms with Crippen LogP contribution in [0.4, 0.5) is 0 Å². The highest BCUT2D eigenvalue weighted by molar-refractivity contribution is 5.90. The summed E-state index contributed by atoms with van der Waals surface area (Å²) in [6, 6.07) is 0. The smallest absolute Gasteiger partial charge is 0.337 e. The molecule has 2 N–H and O–H groups in total. The second kappa shape index (κ2) is 10.4. The lowest BCUT2D eigenvalue weighted by Crippen LogP contribution is -2.54. The average Bonchev–Trinajstić information content (AvgIpc) is 2.70. The van der Waals surface area contributed by atoms with Crippen LogP contribution in [-0.2, 0) is 28.6 Å². The van der Waals surface area contributed by atoms with E-state index in [4.69, 9.17) is 14.2 Å². The van der Waals surface area contributed by atoms with Gasteiger partial charge in [0.1, 0.15) is 12.7 Å². The van der Waals surface area contributed by atoms with Gasteiger partial charge in [-0.05, 0) is 17.4 Å². The Bertz CT molecular complexity index is 752. The molecule has 1 fully saturated rings. The largest absolute Gasteiger partial charge is 0.466 e. The van der Waals surface area contributed by atoms with Crippen LogP contribution in [0.1, 0.15) is 20.3 Å². The van der Waals surface area contributed by atoms with E-state index in [9.17, 15) is 24.6 Å². The first kappa shape index (κ1) is 25.3. The lowest BCUT2D eigenvalue weighted by atomic mass is 9.58. The molecular weight excluding hydrogens is 392 g/mol. The summed E-state index contributed by atoms with van der Waals surface area (Å²) in [5, 5.41) is 20.7. The average molecular weight is 422 g/mol. The topological polar surface area (TPSA) is 119 Å². The maximum atomic E-state index is 12.5. The first-order valence-corrected chi connectivity index (χ1v) is 9.32. The summed E-state index contributed by atoms with van der Waals surface area (Å²) in [7, 11) is 1.17. The summed E-state index contributed by atoms with van der Waals surface area (Å²) in [5.41, 5.74) is -0.662. The summed E-state index contributed by atoms with van der Waals surface area (Å²) >= 11 is 0. The molecule has 0 aromatic heterocycles. The molecule has 0 spiro atoms. The van der Waals surface area contributed by atoms with E-state index in [0.29, 0.717) is 5.57 Å². The summed E-state index contributed by atoms with van der Waals surface area (Å²) in [5.74, 6) is -3.90. The number of allylic oxidation sites excluding steroid dienone is 1. The van der Waals surface area contributed by atoms with Crippen LogP contribution in [0.3, 0.4) is 0 Å². The number of hydrogen-bond donors (Lipinski definition) is 2. The summed E-state index contributed by atoms with van der Waals surface area (Å²) in [6.45, 7) is 17.1. The summed E-state index contributed by atoms with van der Waals surface area (Å²) in [4.78, 5) is 35.6. The van der Waals surface area contributed by atoms with Gasteiger partial charge < -0.3 is 24.4 Å². The number of ether oxygens (including phenoxy) is 3. The van der Waals surface area contributed by atoms with E-state index in [1.54, 1.807) is 13.0 Å². The number of methoxy groups -OCH3 is 1. The third-order valence-electron chi connectivity index (χ3n) is 5.42. The van der Waals surface area contributed by atoms with Crippen molar-refractivity contribution in [3.8, 4) is 0 Å². The lowest BCUT2D eigenvalue weighted by Gasteiger charge is -2.50. The first-order valence-electron chi connectivity index (χ1n) is 9.32. The van der Waals surface area contributed by atoms with Crippen molar-refractivity contribution in [1.29, 1.82) is 0 Å². The normalized spacial score (nSPS) is 28.0. The van der Waals surface area contributed by atoms with E-state index < -0.39 is 47.4 Å². The van der Waals surface area contributed by atoms with Gasteiger partial charge in [-0.2, -0.15) is 0 Å². The SMILES string of the molecule is C=C[C@]1(C)C[C@H](OC(=O)C(=C)COC(C)=O)[C@@H](C(=C)C(=O)OC)[C@H](O)[C@H]1C(=C)CO. The van der Waals surface area contributed by atoms with E-state index in [0.717, 1.165) is 0 Å². The molecule has 0 aliphatic heterocycles. The molecule has 0 saturated heterocycles. The molecule has 1 aliphatic carbocycles. The number of hydrogen-bond acceptors (Lipinski definition) is 8. The Morgan fingerprint density at radius 1 is 1.20 bits per heavy atom. The molecule has 0 heterocycles. The standard InChI is InChI=1S/C22H30O8/c1-8-22(6)9-16(30-20(26)13(3)11-29-15(5)24)17(14(4)21(27)28-7)19(25)18(22)12(2)10-23/h8,16-19,23,25H,1-4,9-11H2,5-7H3/t16-,17+,18+,19-,22+/m0/s1. The molecule has 0 aromatic carbocycles. The van der Waals surface area contributed by atoms with Gasteiger partial charge in [-0.1, -0.05) is 32.7 Å². The van der Waals surface area contributed by atoms with Gasteiger partial charge in [0.2, 0.25) is 0 Å². The van der Waals surface area contributed by atoms with Crippen molar-refractivity contribution in [3.05, 3.63) is 49.1 Å². The second-order valence-corrected chi connectivity index (χ2v) is 7.57. The third-order valence-corrected chi connectivity index (χ3v) is 5.42. The zero-order valence-electron chi connectivity index (χ0n) is 17.7. The van der Waals surface area contributed by atoms with Gasteiger partial charge >= 0.3 is 17.9 Å². The fraction of sp³-hybridized carbons (Fsp3) is 0.500. The molecule has 0 bridgehead atoms. The van der Waals surface area contributed by atoms with Crippen molar-refractivity contribution < 1.29 is 38.8 Å². The van der Waals surface area contributed by atoms with Gasteiger partial charge in [0.05, 0.1) is 31.3 Å². The minimum atomic E-state index is -1.27. The fourth-order valence-corrected chi connectivity index (χ4v) is 3.80. The summed E-state index contributed by atoms with van der Waals surface area (Å²) in [6.07, 6.45) is -0.510. The Kier molecular flexibility index (Phi) is 8.74. The zero-order chi connectivity index (χ0) is 23.2. The van der Waals surface area contributed by atoms with Crippen molar-refractivity contribution in [2.45, 2.75) is 32.5 Å². The molecule has 8 nitrogen and oxygen atoms in total. The monoisotopic (exact) mass is 422 g/mol. The predicted molar refractivity (Wildman–Crippen MR) is 109 cm³/mol. The quantitative estimate of drug-likeness (QED) is 0.248. The zero-order valence-corrected chi connectivity index (χ0v) is 17.7. The van der Waals surface area contributed by atoms with Crippen LogP contribution in [0.25, 0.3) is 0 Å². The second-order valence-electron chi connectivity index (χ2n) is 7.57. The minimum Gasteiger partial charge on any atom is -0.466 e. The lowest BCUT2D eigenvalue weighted by molar-refractivity contribution is -0.162. The molecule has 30 heavy (non-hydrogen) atoms. The Morgan fingerprint density at radius 2 is 1.80 bits per heavy atom. The third kappa shape index (κ3) is 5.46. The Morgan fingerprint density at radius 3 is 2.27 bits per heavy atom. The van der Waals surface area contributed by atoms with Crippen LogP contribution in [-0.4, -0.2) is 60.7 Å². The molecule has 8 heteroatoms. The van der Waals surface area contributed by atoms with Crippen molar-refractivity contribution >= 4 is 17.9 Å². The van der Waals surface area contributed by atoms with Gasteiger partial charge in [-0.3, -0.25) is 4.79 Å². The molecule has 0 aromatic rings. The van der Waals surface area contributed by atoms with Gasteiger partial charge in [-0.25, -0.2) is 9.59 Å². The van der Waals surface area contributed by atoms with Crippen LogP contribution in [0.5, 0.6) is 0 Å². The number of rotatable bonds is 9. The maximum Gasteiger partial charge on any atom is 0.337 e. The fourth-order valence-electron chi connectivity index (χ4n) is 3.80. The Labute approximate surface area is 176 Å². The van der Waals surface area contributed by atoms with Gasteiger partial charge in [-0.15, -0.1) is 6.58 Å². The van der Waals surface area contributed by atoms with Crippen molar-refractivity contribution in [1.82, 2.24) is 0 Å². The Balaban J connectivity index is 3.30. The van der Waals surface area contributed by atoms with Crippen molar-refractivity contribution in [3.63, 3.8) is 0 Å². The van der Waals surface area contributed by atoms with Gasteiger partial charge in [0.15, 0.2) is 0 Å². The number of carbonyl (C=O) groups is 3. The van der Waals surface area contributed by atoms with Gasteiger partial charge in [0.25, 0.3) is 0 Å². The van der Waals surface area contributed by atoms with E-state index in [1.807, 2.05) is 0 Å². The molecule has 0 unspecified atom stereocenters. The highest BCUT2D eigenvalue weighted by Gasteiger charge is 2.53. The predicted octanol–water partition coefficient (Wildman–Crippen LogP) is 1.48. The van der Waals surface area contributed by atoms with Crippen LogP contribution in [0, 0.1) is 17.3 Å². The van der Waals surface area contributed by atoms with E-state index in [2.05, 4.69) is 26.3 Å². The van der Waals surface area contributed by atoms with Crippen LogP contribution < -0.4 is 0 Å². The van der Waals surface area contributed by atoms with Crippen LogP contribution >= 0.6 is 0 Å². The number of carbonyl (C=O) groups excluding carboxylic acids is 3. The van der Waals surface area contributed by atoms with E-state index in [1.165, 1.54) is 14.0 Å². The molecule has 1 aliphatic rings. The molecule has 5 atom stereocenters. The van der Waals surface area contributed by atoms with E-state index in [-0.39, 0.29) is 30.8 Å². The minimum absolute atomic E-state index is 0.0877. The maximum absolute atomic E-state index is 12.5. The highest BCUT2D eigenvalue weighted by atomic mass is 16.6. The molecule has 1 saturated carbocycles. The van der Waals surface area contributed by atoms with Gasteiger partial charge in [0, 0.05) is 18.4 Å². The first-order chi connectivity index (χ1) is 13.9. The Hall–Kier alpha value is -2.71. The molecule has 1 rings (SSSR count). The van der Waals surface area contributed by atoms with Crippen LogP contribution in [0.15, 0.2) is 49.1 Å². The number of aliphatic hydroxyl groups excluding tert-OH is 2. The molecule has 0 radical (unpaired) electrons. The van der Waals surface area contributed by atoms with E-state index >= 15 is 0 Å².